The van der Waals surface area contributed by atoms with Crippen LogP contribution in [0.5, 0.6) is 0 Å². The number of rotatable bonds is 5. The lowest BCUT2D eigenvalue weighted by Crippen LogP contribution is -2.50. The maximum atomic E-state index is 13.0. The van der Waals surface area contributed by atoms with Crippen LogP contribution < -0.4 is 5.56 Å². The van der Waals surface area contributed by atoms with Crippen LogP contribution in [0.1, 0.15) is 33.7 Å². The molecule has 152 valence electrons. The van der Waals surface area contributed by atoms with Gasteiger partial charge in [0.25, 0.3) is 5.56 Å². The van der Waals surface area contributed by atoms with Gasteiger partial charge in [0.05, 0.1) is 16.2 Å². The maximum Gasteiger partial charge on any atom is 0.262 e. The van der Waals surface area contributed by atoms with Crippen LogP contribution in [0.2, 0.25) is 5.02 Å². The van der Waals surface area contributed by atoms with E-state index in [2.05, 4.69) is 16.8 Å². The first kappa shape index (κ1) is 21.1. The van der Waals surface area contributed by atoms with Crippen molar-refractivity contribution in [3.8, 4) is 0 Å². The average molecular weight is 423 g/mol. The van der Waals surface area contributed by atoms with E-state index in [0.717, 1.165) is 32.7 Å². The Labute approximate surface area is 174 Å². The van der Waals surface area contributed by atoms with E-state index < -0.39 is 0 Å². The van der Waals surface area contributed by atoms with E-state index in [4.69, 9.17) is 11.6 Å². The number of benzene rings is 1. The van der Waals surface area contributed by atoms with Crippen LogP contribution >= 0.6 is 23.4 Å². The molecule has 0 bridgehead atoms. The average Bonchev–Trinajstić information content (AvgIpc) is 2.66. The van der Waals surface area contributed by atoms with Gasteiger partial charge in [-0.2, -0.15) is 0 Å². The first-order valence-electron chi connectivity index (χ1n) is 9.71. The zero-order valence-corrected chi connectivity index (χ0v) is 18.4. The van der Waals surface area contributed by atoms with Gasteiger partial charge >= 0.3 is 0 Å². The predicted octanol–water partition coefficient (Wildman–Crippen LogP) is 3.28. The molecule has 0 aliphatic carbocycles. The van der Waals surface area contributed by atoms with Gasteiger partial charge < -0.3 is 9.80 Å². The first-order chi connectivity index (χ1) is 13.3. The van der Waals surface area contributed by atoms with Gasteiger partial charge in [-0.05, 0) is 45.5 Å². The summed E-state index contributed by atoms with van der Waals surface area (Å²) in [5, 5.41) is 1.32. The van der Waals surface area contributed by atoms with Crippen LogP contribution in [-0.4, -0.2) is 63.2 Å². The highest BCUT2D eigenvalue weighted by Crippen LogP contribution is 2.27. The van der Waals surface area contributed by atoms with E-state index in [1.807, 2.05) is 25.7 Å². The molecular formula is C20H27ClN4O2S. The van der Waals surface area contributed by atoms with Gasteiger partial charge in [0.15, 0.2) is 5.16 Å². The summed E-state index contributed by atoms with van der Waals surface area (Å²) >= 11 is 7.43. The quantitative estimate of drug-likeness (QED) is 0.546. The third-order valence-corrected chi connectivity index (χ3v) is 6.40. The molecule has 3 rings (SSSR count). The Balaban J connectivity index is 1.87. The second-order valence-electron chi connectivity index (χ2n) is 7.34. The number of hydrogen-bond acceptors (Lipinski definition) is 5. The van der Waals surface area contributed by atoms with E-state index in [9.17, 15) is 9.59 Å². The van der Waals surface area contributed by atoms with Gasteiger partial charge in [-0.25, -0.2) is 4.98 Å². The number of aromatic nitrogens is 2. The van der Waals surface area contributed by atoms with Crippen molar-refractivity contribution in [2.24, 2.45) is 0 Å². The summed E-state index contributed by atoms with van der Waals surface area (Å²) < 4.78 is 1.67. The molecule has 0 spiro atoms. The van der Waals surface area contributed by atoms with Crippen molar-refractivity contribution in [1.82, 2.24) is 19.4 Å². The van der Waals surface area contributed by atoms with E-state index >= 15 is 0 Å². The SMILES string of the molecule is CCN1CCN(C(=O)[C@H](C)Sc2nc3cc(Cl)ccc3c(=O)n2C(C)C)CC1. The Bertz CT molecular complexity index is 922. The molecule has 1 aliphatic heterocycles. The summed E-state index contributed by atoms with van der Waals surface area (Å²) in [5.74, 6) is 0.0940. The zero-order valence-electron chi connectivity index (χ0n) is 16.8. The fraction of sp³-hybridized carbons (Fsp3) is 0.550. The zero-order chi connectivity index (χ0) is 20.4. The lowest BCUT2D eigenvalue weighted by atomic mass is 10.2. The summed E-state index contributed by atoms with van der Waals surface area (Å²) in [5.41, 5.74) is 0.462. The molecular weight excluding hydrogens is 396 g/mol. The highest BCUT2D eigenvalue weighted by atomic mass is 35.5. The summed E-state index contributed by atoms with van der Waals surface area (Å²) in [4.78, 5) is 34.9. The van der Waals surface area contributed by atoms with Crippen molar-refractivity contribution in [2.75, 3.05) is 32.7 Å². The highest BCUT2D eigenvalue weighted by molar-refractivity contribution is 8.00. The summed E-state index contributed by atoms with van der Waals surface area (Å²) in [6.45, 7) is 12.2. The van der Waals surface area contributed by atoms with Gasteiger partial charge in [0, 0.05) is 37.2 Å². The summed E-state index contributed by atoms with van der Waals surface area (Å²) in [7, 11) is 0. The molecule has 28 heavy (non-hydrogen) atoms. The Morgan fingerprint density at radius 3 is 2.50 bits per heavy atom. The minimum Gasteiger partial charge on any atom is -0.339 e. The number of thioether (sulfide) groups is 1. The molecule has 8 heteroatoms. The van der Waals surface area contributed by atoms with Crippen molar-refractivity contribution in [3.05, 3.63) is 33.6 Å². The molecule has 2 heterocycles. The summed E-state index contributed by atoms with van der Waals surface area (Å²) in [6.07, 6.45) is 0. The Kier molecular flexibility index (Phi) is 6.68. The topological polar surface area (TPSA) is 58.4 Å². The van der Waals surface area contributed by atoms with Gasteiger partial charge in [-0.3, -0.25) is 14.2 Å². The van der Waals surface area contributed by atoms with Gasteiger partial charge in [0.1, 0.15) is 0 Å². The molecule has 1 atom stereocenters. The number of amides is 1. The summed E-state index contributed by atoms with van der Waals surface area (Å²) in [6, 6.07) is 5.05. The van der Waals surface area contributed by atoms with E-state index in [-0.39, 0.29) is 22.8 Å². The number of hydrogen-bond donors (Lipinski definition) is 0. The van der Waals surface area contributed by atoms with Crippen molar-refractivity contribution < 1.29 is 4.79 Å². The van der Waals surface area contributed by atoms with Crippen molar-refractivity contribution in [3.63, 3.8) is 0 Å². The minimum absolute atomic E-state index is 0.0574. The van der Waals surface area contributed by atoms with Gasteiger partial charge in [-0.15, -0.1) is 0 Å². The molecule has 0 unspecified atom stereocenters. The molecule has 1 aromatic carbocycles. The number of piperazine rings is 1. The molecule has 1 aliphatic rings. The van der Waals surface area contributed by atoms with Crippen LogP contribution in [0, 0.1) is 0 Å². The number of halogens is 1. The van der Waals surface area contributed by atoms with Crippen molar-refractivity contribution in [1.29, 1.82) is 0 Å². The van der Waals surface area contributed by atoms with E-state index in [1.54, 1.807) is 22.8 Å². The molecule has 2 aromatic rings. The Morgan fingerprint density at radius 2 is 1.89 bits per heavy atom. The largest absolute Gasteiger partial charge is 0.339 e. The number of carbonyl (C=O) groups is 1. The number of carbonyl (C=O) groups excluding carboxylic acids is 1. The fourth-order valence-corrected chi connectivity index (χ4v) is 4.73. The third kappa shape index (κ3) is 4.36. The van der Waals surface area contributed by atoms with Gasteiger partial charge in [0.2, 0.25) is 5.91 Å². The molecule has 1 saturated heterocycles. The standard InChI is InChI=1S/C20H27ClN4O2S/c1-5-23-8-10-24(11-9-23)18(26)14(4)28-20-22-17-12-15(21)6-7-16(17)19(27)25(20)13(2)3/h6-7,12-14H,5,8-11H2,1-4H3/t14-/m0/s1. The molecule has 0 saturated carbocycles. The van der Waals surface area contributed by atoms with Gasteiger partial charge in [-0.1, -0.05) is 30.3 Å². The second-order valence-corrected chi connectivity index (χ2v) is 9.09. The predicted molar refractivity (Wildman–Crippen MR) is 115 cm³/mol. The molecule has 1 amide bonds. The lowest BCUT2D eigenvalue weighted by molar-refractivity contribution is -0.132. The smallest absolute Gasteiger partial charge is 0.262 e. The number of likely N-dealkylation sites (N-methyl/N-ethyl adjacent to an activating group) is 1. The van der Waals surface area contributed by atoms with Crippen LogP contribution in [0.3, 0.4) is 0 Å². The molecule has 6 nitrogen and oxygen atoms in total. The monoisotopic (exact) mass is 422 g/mol. The van der Waals surface area contributed by atoms with Crippen LogP contribution in [0.4, 0.5) is 0 Å². The third-order valence-electron chi connectivity index (χ3n) is 5.11. The van der Waals surface area contributed by atoms with Crippen LogP contribution in [0.15, 0.2) is 28.2 Å². The van der Waals surface area contributed by atoms with Crippen LogP contribution in [-0.2, 0) is 4.79 Å². The van der Waals surface area contributed by atoms with E-state index in [1.165, 1.54) is 11.8 Å². The van der Waals surface area contributed by atoms with Crippen molar-refractivity contribution >= 4 is 40.2 Å². The van der Waals surface area contributed by atoms with Crippen molar-refractivity contribution in [2.45, 2.75) is 44.1 Å². The highest BCUT2D eigenvalue weighted by Gasteiger charge is 2.27. The minimum atomic E-state index is -0.318. The maximum absolute atomic E-state index is 13.0. The number of fused-ring (bicyclic) bond motifs is 1. The lowest BCUT2D eigenvalue weighted by Gasteiger charge is -2.35. The Morgan fingerprint density at radius 1 is 1.21 bits per heavy atom. The van der Waals surface area contributed by atoms with Crippen LogP contribution in [0.25, 0.3) is 10.9 Å². The molecule has 0 N–H and O–H groups in total. The first-order valence-corrected chi connectivity index (χ1v) is 11.0. The molecule has 1 aromatic heterocycles. The fourth-order valence-electron chi connectivity index (χ4n) is 3.44. The second kappa shape index (κ2) is 8.84. The molecule has 0 radical (unpaired) electrons. The van der Waals surface area contributed by atoms with E-state index in [0.29, 0.717) is 21.1 Å². The molecule has 1 fully saturated rings. The number of nitrogens with zero attached hydrogens (tertiary/aromatic N) is 4. The Hall–Kier alpha value is -1.57. The normalized spacial score (nSPS) is 16.7.